The van der Waals surface area contributed by atoms with Gasteiger partial charge in [-0.2, -0.15) is 0 Å². The van der Waals surface area contributed by atoms with Gasteiger partial charge in [-0.3, -0.25) is 9.69 Å². The molecule has 1 aliphatic rings. The molecule has 0 atom stereocenters. The zero-order chi connectivity index (χ0) is 28.5. The summed E-state index contributed by atoms with van der Waals surface area (Å²) in [7, 11) is 3.92. The van der Waals surface area contributed by atoms with Crippen LogP contribution in [0.1, 0.15) is 15.9 Å². The fraction of sp³-hybridized carbons (Fsp3) is 0.258. The lowest BCUT2D eigenvalue weighted by molar-refractivity contribution is 0.102. The second-order valence-corrected chi connectivity index (χ2v) is 10.5. The Balaban J connectivity index is 1.14. The van der Waals surface area contributed by atoms with Gasteiger partial charge in [-0.25, -0.2) is 18.7 Å². The molecule has 1 amide bonds. The minimum Gasteiger partial charge on any atom is -0.378 e. The topological polar surface area (TPSA) is 80.4 Å². The van der Waals surface area contributed by atoms with Gasteiger partial charge >= 0.3 is 0 Å². The molecule has 210 valence electrons. The monoisotopic (exact) mass is 555 g/mol. The van der Waals surface area contributed by atoms with Gasteiger partial charge in [0.2, 0.25) is 0 Å². The molecule has 1 aliphatic heterocycles. The summed E-state index contributed by atoms with van der Waals surface area (Å²) in [5, 5.41) is 3.91. The van der Waals surface area contributed by atoms with E-state index in [1.54, 1.807) is 12.4 Å². The number of fused-ring (bicyclic) bond motifs is 3. The number of hydrogen-bond donors (Lipinski definition) is 2. The lowest BCUT2D eigenvalue weighted by Gasteiger charge is -2.35. The summed E-state index contributed by atoms with van der Waals surface area (Å²) in [6.07, 6.45) is 2.25. The van der Waals surface area contributed by atoms with Crippen molar-refractivity contribution in [3.8, 4) is 0 Å². The number of aromatic amines is 1. The van der Waals surface area contributed by atoms with E-state index in [9.17, 15) is 13.6 Å². The number of carbonyl (C=O) groups excluding carboxylic acids is 1. The fourth-order valence-corrected chi connectivity index (χ4v) is 5.28. The highest BCUT2D eigenvalue weighted by molar-refractivity contribution is 6.11. The van der Waals surface area contributed by atoms with E-state index in [1.165, 1.54) is 12.1 Å². The van der Waals surface area contributed by atoms with Crippen LogP contribution in [0.25, 0.3) is 21.9 Å². The zero-order valence-corrected chi connectivity index (χ0v) is 23.0. The molecule has 10 heteroatoms. The smallest absolute Gasteiger partial charge is 0.255 e. The quantitative estimate of drug-likeness (QED) is 0.292. The number of amides is 1. The summed E-state index contributed by atoms with van der Waals surface area (Å²) >= 11 is 0. The molecule has 0 spiro atoms. The number of rotatable bonds is 7. The average molecular weight is 556 g/mol. The maximum atomic E-state index is 13.5. The summed E-state index contributed by atoms with van der Waals surface area (Å²) in [6, 6.07) is 17.3. The number of nitrogens with zero attached hydrogens (tertiary/aromatic N) is 5. The molecule has 1 saturated heterocycles. The van der Waals surface area contributed by atoms with Crippen LogP contribution < -0.4 is 15.1 Å². The molecular weight excluding hydrogens is 524 g/mol. The first kappa shape index (κ1) is 26.6. The molecule has 0 bridgehead atoms. The van der Waals surface area contributed by atoms with Crippen LogP contribution in [0.15, 0.2) is 67.0 Å². The Morgan fingerprint density at radius 1 is 0.951 bits per heavy atom. The van der Waals surface area contributed by atoms with Crippen LogP contribution in [0.5, 0.6) is 0 Å². The largest absolute Gasteiger partial charge is 0.378 e. The molecule has 2 N–H and O–H groups in total. The number of H-pyrrole nitrogens is 1. The normalized spacial score (nSPS) is 14.1. The number of aromatic nitrogens is 3. The highest BCUT2D eigenvalue weighted by atomic mass is 19.2. The van der Waals surface area contributed by atoms with Gasteiger partial charge in [0.15, 0.2) is 17.5 Å². The number of hydrogen-bond acceptors (Lipinski definition) is 6. The molecular formula is C31H31F2N7O. The van der Waals surface area contributed by atoms with E-state index in [-0.39, 0.29) is 5.91 Å². The Morgan fingerprint density at radius 2 is 1.73 bits per heavy atom. The average Bonchev–Trinajstić information content (AvgIpc) is 3.36. The predicted molar refractivity (Wildman–Crippen MR) is 159 cm³/mol. The standard InChI is InChI=1S/C31H31F2N7O/c1-38(2)23-7-4-21(5-8-23)31(41)36-22-6-10-27-24(18-22)28-29(37-27)30(35-19-34-28)40-15-13-39(14-16-40)12-11-20-3-9-25(32)26(33)17-20/h3-10,17-19,37H,11-16H2,1-2H3,(H,36,41). The van der Waals surface area contributed by atoms with Crippen molar-refractivity contribution in [2.24, 2.45) is 0 Å². The van der Waals surface area contributed by atoms with Crippen molar-refractivity contribution in [1.29, 1.82) is 0 Å². The second kappa shape index (κ2) is 11.1. The van der Waals surface area contributed by atoms with Gasteiger partial charge in [-0.15, -0.1) is 0 Å². The minimum atomic E-state index is -0.817. The van der Waals surface area contributed by atoms with Gasteiger partial charge in [0.25, 0.3) is 5.91 Å². The van der Waals surface area contributed by atoms with E-state index in [4.69, 9.17) is 0 Å². The molecule has 8 nitrogen and oxygen atoms in total. The fourth-order valence-electron chi connectivity index (χ4n) is 5.28. The molecule has 0 unspecified atom stereocenters. The third-order valence-electron chi connectivity index (χ3n) is 7.64. The molecule has 0 radical (unpaired) electrons. The number of piperazine rings is 1. The van der Waals surface area contributed by atoms with E-state index < -0.39 is 11.6 Å². The van der Waals surface area contributed by atoms with Crippen molar-refractivity contribution in [1.82, 2.24) is 19.9 Å². The van der Waals surface area contributed by atoms with Crippen molar-refractivity contribution in [2.75, 3.05) is 61.9 Å². The van der Waals surface area contributed by atoms with Gasteiger partial charge < -0.3 is 20.1 Å². The molecule has 3 heterocycles. The van der Waals surface area contributed by atoms with Crippen LogP contribution in [0.2, 0.25) is 0 Å². The van der Waals surface area contributed by atoms with Crippen LogP contribution in [0, 0.1) is 11.6 Å². The first-order chi connectivity index (χ1) is 19.9. The number of anilines is 3. The first-order valence-electron chi connectivity index (χ1n) is 13.6. The van der Waals surface area contributed by atoms with Crippen LogP contribution >= 0.6 is 0 Å². The summed E-state index contributed by atoms with van der Waals surface area (Å²) < 4.78 is 26.8. The Bertz CT molecular complexity index is 1710. The van der Waals surface area contributed by atoms with Crippen molar-refractivity contribution >= 4 is 45.0 Å². The van der Waals surface area contributed by atoms with Gasteiger partial charge in [0.05, 0.1) is 0 Å². The van der Waals surface area contributed by atoms with E-state index in [1.807, 2.05) is 61.5 Å². The van der Waals surface area contributed by atoms with E-state index in [0.29, 0.717) is 17.7 Å². The van der Waals surface area contributed by atoms with Gasteiger partial charge in [0, 0.05) is 74.7 Å². The van der Waals surface area contributed by atoms with Crippen LogP contribution in [0.4, 0.5) is 26.0 Å². The summed E-state index contributed by atoms with van der Waals surface area (Å²) in [6.45, 7) is 4.02. The molecule has 1 fully saturated rings. The lowest BCUT2D eigenvalue weighted by Crippen LogP contribution is -2.47. The lowest BCUT2D eigenvalue weighted by atomic mass is 10.1. The first-order valence-corrected chi connectivity index (χ1v) is 13.6. The maximum absolute atomic E-state index is 13.5. The third kappa shape index (κ3) is 5.55. The van der Waals surface area contributed by atoms with Crippen molar-refractivity contribution in [2.45, 2.75) is 6.42 Å². The Labute approximate surface area is 236 Å². The van der Waals surface area contributed by atoms with Crippen LogP contribution in [0.3, 0.4) is 0 Å². The number of carbonyl (C=O) groups is 1. The Kier molecular flexibility index (Phi) is 7.23. The molecule has 0 saturated carbocycles. The van der Waals surface area contributed by atoms with Crippen molar-refractivity contribution in [3.63, 3.8) is 0 Å². The highest BCUT2D eigenvalue weighted by Gasteiger charge is 2.22. The van der Waals surface area contributed by atoms with Gasteiger partial charge in [0.1, 0.15) is 17.4 Å². The molecule has 5 aromatic rings. The number of benzene rings is 3. The molecule has 0 aliphatic carbocycles. The van der Waals surface area contributed by atoms with Gasteiger partial charge in [-0.05, 0) is 66.6 Å². The van der Waals surface area contributed by atoms with Gasteiger partial charge in [-0.1, -0.05) is 6.07 Å². The van der Waals surface area contributed by atoms with Crippen molar-refractivity contribution in [3.05, 3.63) is 89.8 Å². The maximum Gasteiger partial charge on any atom is 0.255 e. The summed E-state index contributed by atoms with van der Waals surface area (Å²) in [4.78, 5) is 32.1. The SMILES string of the molecule is CN(C)c1ccc(C(=O)Nc2ccc3[nH]c4c(N5CCN(CCc6ccc(F)c(F)c6)CC5)ncnc4c3c2)cc1. The van der Waals surface area contributed by atoms with E-state index >= 15 is 0 Å². The zero-order valence-electron chi connectivity index (χ0n) is 23.0. The molecule has 3 aromatic carbocycles. The molecule has 2 aromatic heterocycles. The Morgan fingerprint density at radius 3 is 2.46 bits per heavy atom. The predicted octanol–water partition coefficient (Wildman–Crippen LogP) is 5.07. The van der Waals surface area contributed by atoms with Crippen LogP contribution in [-0.4, -0.2) is 72.6 Å². The summed E-state index contributed by atoms with van der Waals surface area (Å²) in [5.74, 6) is -0.949. The number of nitrogens with one attached hydrogen (secondary N) is 2. The molecule has 41 heavy (non-hydrogen) atoms. The highest BCUT2D eigenvalue weighted by Crippen LogP contribution is 2.31. The summed E-state index contributed by atoms with van der Waals surface area (Å²) in [5.41, 5.74) is 5.68. The second-order valence-electron chi connectivity index (χ2n) is 10.5. The van der Waals surface area contributed by atoms with E-state index in [2.05, 4.69) is 30.1 Å². The Hall–Kier alpha value is -4.57. The van der Waals surface area contributed by atoms with Crippen molar-refractivity contribution < 1.29 is 13.6 Å². The third-order valence-corrected chi connectivity index (χ3v) is 7.64. The molecule has 6 rings (SSSR count). The van der Waals surface area contributed by atoms with Crippen LogP contribution in [-0.2, 0) is 6.42 Å². The minimum absolute atomic E-state index is 0.174. The van der Waals surface area contributed by atoms with E-state index in [0.717, 1.165) is 71.7 Å². The number of halogens is 2.